The molecule has 0 saturated carbocycles. The van der Waals surface area contributed by atoms with Crippen LogP contribution in [0.1, 0.15) is 0 Å². The highest BCUT2D eigenvalue weighted by molar-refractivity contribution is 5.83. The molecule has 21 heavy (non-hydrogen) atoms. The monoisotopic (exact) mass is 295 g/mol. The molecule has 2 aromatic rings. The molecular formula is C11H13N5O5. The van der Waals surface area contributed by atoms with Gasteiger partial charge in [-0.05, 0) is 0 Å². The Bertz CT molecular complexity index is 707. The van der Waals surface area contributed by atoms with E-state index in [4.69, 9.17) is 9.84 Å². The van der Waals surface area contributed by atoms with E-state index in [9.17, 15) is 15.0 Å². The SMILES string of the molecule is O=c1[nH]cnc2c(N[C@@H]3O[C@H](CO)[C@@H](O)[C@H]3O)ncnc12. The van der Waals surface area contributed by atoms with Crippen LogP contribution in [0.2, 0.25) is 0 Å². The van der Waals surface area contributed by atoms with Crippen LogP contribution in [0.3, 0.4) is 0 Å². The first-order valence-electron chi connectivity index (χ1n) is 6.19. The maximum Gasteiger partial charge on any atom is 0.277 e. The van der Waals surface area contributed by atoms with Crippen molar-refractivity contribution < 1.29 is 20.1 Å². The van der Waals surface area contributed by atoms with E-state index in [1.165, 1.54) is 12.7 Å². The van der Waals surface area contributed by atoms with Crippen LogP contribution in [-0.4, -0.2) is 66.4 Å². The zero-order valence-corrected chi connectivity index (χ0v) is 10.7. The number of H-pyrrole nitrogens is 1. The molecule has 10 nitrogen and oxygen atoms in total. The molecule has 0 amide bonds. The second kappa shape index (κ2) is 5.33. The maximum atomic E-state index is 11.6. The quantitative estimate of drug-likeness (QED) is 0.415. The highest BCUT2D eigenvalue weighted by Crippen LogP contribution is 2.23. The first-order valence-corrected chi connectivity index (χ1v) is 6.19. The Morgan fingerprint density at radius 2 is 2.05 bits per heavy atom. The van der Waals surface area contributed by atoms with Crippen LogP contribution in [-0.2, 0) is 4.74 Å². The van der Waals surface area contributed by atoms with Gasteiger partial charge in [0.1, 0.15) is 30.2 Å². The number of aromatic nitrogens is 4. The van der Waals surface area contributed by atoms with Crippen molar-refractivity contribution in [3.8, 4) is 0 Å². The Hall–Kier alpha value is -2.14. The minimum Gasteiger partial charge on any atom is -0.394 e. The molecule has 2 aromatic heterocycles. The molecule has 5 N–H and O–H groups in total. The van der Waals surface area contributed by atoms with E-state index in [0.29, 0.717) is 0 Å². The molecule has 0 unspecified atom stereocenters. The lowest BCUT2D eigenvalue weighted by atomic mass is 10.1. The number of hydrogen-bond donors (Lipinski definition) is 5. The lowest BCUT2D eigenvalue weighted by molar-refractivity contribution is -0.0153. The summed E-state index contributed by atoms with van der Waals surface area (Å²) in [6, 6.07) is 0. The summed E-state index contributed by atoms with van der Waals surface area (Å²) in [4.78, 5) is 25.8. The first kappa shape index (κ1) is 13.8. The lowest BCUT2D eigenvalue weighted by Crippen LogP contribution is -2.36. The van der Waals surface area contributed by atoms with E-state index in [1.807, 2.05) is 0 Å². The molecule has 10 heteroatoms. The molecule has 0 aromatic carbocycles. The summed E-state index contributed by atoms with van der Waals surface area (Å²) in [6.45, 7) is -0.432. The standard InChI is InChI=1S/C11H13N5O5/c17-1-4-7(18)8(19)11(21-4)16-9-5-6(13-2-14-9)10(20)15-3-12-5/h2-4,7-8,11,17-19H,1H2,(H,12,15,20)(H,13,14,16)/t4-,7-,8-,11-/m1/s1. The number of hydrogen-bond acceptors (Lipinski definition) is 9. The summed E-state index contributed by atoms with van der Waals surface area (Å²) >= 11 is 0. The highest BCUT2D eigenvalue weighted by atomic mass is 16.6. The molecule has 0 spiro atoms. The molecule has 1 fully saturated rings. The fourth-order valence-corrected chi connectivity index (χ4v) is 2.15. The van der Waals surface area contributed by atoms with E-state index < -0.39 is 36.7 Å². The number of rotatable bonds is 3. The molecule has 3 rings (SSSR count). The van der Waals surface area contributed by atoms with Crippen LogP contribution < -0.4 is 10.9 Å². The van der Waals surface area contributed by atoms with Crippen molar-refractivity contribution in [1.82, 2.24) is 19.9 Å². The first-order chi connectivity index (χ1) is 10.1. The third kappa shape index (κ3) is 2.34. The van der Waals surface area contributed by atoms with Crippen molar-refractivity contribution in [3.63, 3.8) is 0 Å². The van der Waals surface area contributed by atoms with Gasteiger partial charge in [-0.1, -0.05) is 0 Å². The molecule has 4 atom stereocenters. The number of nitrogens with zero attached hydrogens (tertiary/aromatic N) is 3. The number of nitrogens with one attached hydrogen (secondary N) is 2. The minimum absolute atomic E-state index is 0.0849. The molecular weight excluding hydrogens is 282 g/mol. The Morgan fingerprint density at radius 1 is 1.24 bits per heavy atom. The van der Waals surface area contributed by atoms with Gasteiger partial charge in [-0.15, -0.1) is 0 Å². The van der Waals surface area contributed by atoms with Crippen LogP contribution >= 0.6 is 0 Å². The van der Waals surface area contributed by atoms with Gasteiger partial charge in [0.2, 0.25) is 0 Å². The van der Waals surface area contributed by atoms with Crippen LogP contribution in [0.25, 0.3) is 11.0 Å². The van der Waals surface area contributed by atoms with Crippen molar-refractivity contribution in [3.05, 3.63) is 23.0 Å². The van der Waals surface area contributed by atoms with Gasteiger partial charge in [0.05, 0.1) is 12.9 Å². The minimum atomic E-state index is -1.26. The van der Waals surface area contributed by atoms with Crippen molar-refractivity contribution in [2.75, 3.05) is 11.9 Å². The van der Waals surface area contributed by atoms with Gasteiger partial charge in [0.15, 0.2) is 17.6 Å². The molecule has 0 radical (unpaired) electrons. The van der Waals surface area contributed by atoms with E-state index in [0.717, 1.165) is 0 Å². The number of aliphatic hydroxyl groups excluding tert-OH is 3. The highest BCUT2D eigenvalue weighted by Gasteiger charge is 2.42. The molecule has 1 aliphatic heterocycles. The van der Waals surface area contributed by atoms with Gasteiger partial charge in [-0.3, -0.25) is 4.79 Å². The fraction of sp³-hybridized carbons (Fsp3) is 0.455. The third-order valence-electron chi connectivity index (χ3n) is 3.25. The fourth-order valence-electron chi connectivity index (χ4n) is 2.15. The van der Waals surface area contributed by atoms with Gasteiger partial charge >= 0.3 is 0 Å². The Balaban J connectivity index is 1.93. The van der Waals surface area contributed by atoms with Gasteiger partial charge in [-0.25, -0.2) is 15.0 Å². The Morgan fingerprint density at radius 3 is 2.76 bits per heavy atom. The largest absolute Gasteiger partial charge is 0.394 e. The van der Waals surface area contributed by atoms with E-state index >= 15 is 0 Å². The third-order valence-corrected chi connectivity index (χ3v) is 3.25. The summed E-state index contributed by atoms with van der Waals surface area (Å²) in [5.74, 6) is 0.181. The van der Waals surface area contributed by atoms with Crippen LogP contribution in [0.5, 0.6) is 0 Å². The smallest absolute Gasteiger partial charge is 0.277 e. The van der Waals surface area contributed by atoms with Gasteiger partial charge in [0.25, 0.3) is 5.56 Å². The summed E-state index contributed by atoms with van der Waals surface area (Å²) < 4.78 is 5.28. The second-order valence-electron chi connectivity index (χ2n) is 4.55. The van der Waals surface area contributed by atoms with E-state index in [-0.39, 0.29) is 16.9 Å². The van der Waals surface area contributed by atoms with Crippen LogP contribution in [0, 0.1) is 0 Å². The summed E-state index contributed by atoms with van der Waals surface area (Å²) in [5, 5.41) is 31.3. The van der Waals surface area contributed by atoms with Crippen molar-refractivity contribution in [2.24, 2.45) is 0 Å². The van der Waals surface area contributed by atoms with Gasteiger partial charge in [0, 0.05) is 0 Å². The topological polar surface area (TPSA) is 153 Å². The number of aliphatic hydroxyl groups is 3. The Kier molecular flexibility index (Phi) is 3.51. The predicted molar refractivity (Wildman–Crippen MR) is 69.3 cm³/mol. The van der Waals surface area contributed by atoms with Gasteiger partial charge < -0.3 is 30.4 Å². The average Bonchev–Trinajstić information content (AvgIpc) is 2.76. The normalized spacial score (nSPS) is 28.9. The van der Waals surface area contributed by atoms with Crippen LogP contribution in [0.15, 0.2) is 17.4 Å². The number of anilines is 1. The molecule has 1 saturated heterocycles. The van der Waals surface area contributed by atoms with Crippen LogP contribution in [0.4, 0.5) is 5.82 Å². The van der Waals surface area contributed by atoms with Gasteiger partial charge in [-0.2, -0.15) is 0 Å². The molecule has 0 bridgehead atoms. The molecule has 3 heterocycles. The summed E-state index contributed by atoms with van der Waals surface area (Å²) in [7, 11) is 0. The average molecular weight is 295 g/mol. The zero-order chi connectivity index (χ0) is 15.0. The van der Waals surface area contributed by atoms with Crippen molar-refractivity contribution in [1.29, 1.82) is 0 Å². The zero-order valence-electron chi connectivity index (χ0n) is 10.7. The number of aromatic amines is 1. The molecule has 0 aliphatic carbocycles. The van der Waals surface area contributed by atoms with Crippen molar-refractivity contribution >= 4 is 16.9 Å². The Labute approximate surface area is 117 Å². The predicted octanol–water partition coefficient (Wildman–Crippen LogP) is -2.44. The summed E-state index contributed by atoms with van der Waals surface area (Å²) in [6.07, 6.45) is -2.00. The molecule has 1 aliphatic rings. The maximum absolute atomic E-state index is 11.6. The summed E-state index contributed by atoms with van der Waals surface area (Å²) in [5.41, 5.74) is -0.132. The van der Waals surface area contributed by atoms with Crippen molar-refractivity contribution in [2.45, 2.75) is 24.5 Å². The number of ether oxygens (including phenoxy) is 1. The van der Waals surface area contributed by atoms with E-state index in [1.54, 1.807) is 0 Å². The second-order valence-corrected chi connectivity index (χ2v) is 4.55. The lowest BCUT2D eigenvalue weighted by Gasteiger charge is -2.17. The number of fused-ring (bicyclic) bond motifs is 1. The molecule has 112 valence electrons. The van der Waals surface area contributed by atoms with E-state index in [2.05, 4.69) is 25.3 Å².